The maximum absolute atomic E-state index is 12.6. The molecule has 4 rings (SSSR count). The fourth-order valence-corrected chi connectivity index (χ4v) is 4.36. The molecule has 0 atom stereocenters. The van der Waals surface area contributed by atoms with Crippen LogP contribution >= 0.6 is 11.8 Å². The van der Waals surface area contributed by atoms with Gasteiger partial charge < -0.3 is 4.90 Å². The van der Waals surface area contributed by atoms with Gasteiger partial charge in [-0.15, -0.1) is 10.2 Å². The molecule has 0 radical (unpaired) electrons. The second kappa shape index (κ2) is 8.20. The van der Waals surface area contributed by atoms with E-state index in [0.29, 0.717) is 11.8 Å². The molecule has 0 aromatic carbocycles. The summed E-state index contributed by atoms with van der Waals surface area (Å²) in [6.07, 6.45) is 11.9. The Hall–Kier alpha value is -1.89. The Balaban J connectivity index is 1.45. The first-order chi connectivity index (χ1) is 12.8. The summed E-state index contributed by atoms with van der Waals surface area (Å²) < 4.78 is 2.21. The highest BCUT2D eigenvalue weighted by atomic mass is 32.2. The quantitative estimate of drug-likeness (QED) is 0.752. The highest BCUT2D eigenvalue weighted by Crippen LogP contribution is 2.41. The number of amides is 1. The van der Waals surface area contributed by atoms with Gasteiger partial charge in [0.15, 0.2) is 11.0 Å². The zero-order chi connectivity index (χ0) is 17.8. The number of aromatic nitrogens is 4. The van der Waals surface area contributed by atoms with Gasteiger partial charge in [-0.3, -0.25) is 14.3 Å². The highest BCUT2D eigenvalue weighted by molar-refractivity contribution is 7.99. The van der Waals surface area contributed by atoms with E-state index in [1.54, 1.807) is 12.4 Å². The third-order valence-corrected chi connectivity index (χ3v) is 5.98. The molecule has 0 bridgehead atoms. The smallest absolute Gasteiger partial charge is 0.233 e. The second-order valence-corrected chi connectivity index (χ2v) is 8.02. The minimum atomic E-state index is 0.229. The van der Waals surface area contributed by atoms with Crippen LogP contribution in [0.4, 0.5) is 0 Å². The number of carbonyl (C=O) groups excluding carboxylic acids is 1. The topological polar surface area (TPSA) is 63.9 Å². The van der Waals surface area contributed by atoms with Crippen molar-refractivity contribution in [1.82, 2.24) is 24.6 Å². The number of carbonyl (C=O) groups is 1. The Morgan fingerprint density at radius 3 is 2.42 bits per heavy atom. The third-order valence-electron chi connectivity index (χ3n) is 5.05. The van der Waals surface area contributed by atoms with Crippen LogP contribution in [-0.4, -0.2) is 49.4 Å². The van der Waals surface area contributed by atoms with Crippen molar-refractivity contribution in [3.63, 3.8) is 0 Å². The fourth-order valence-electron chi connectivity index (χ4n) is 3.45. The summed E-state index contributed by atoms with van der Waals surface area (Å²) in [5.41, 5.74) is 1.03. The number of thioether (sulfide) groups is 1. The summed E-state index contributed by atoms with van der Waals surface area (Å²) >= 11 is 1.53. The van der Waals surface area contributed by atoms with Gasteiger partial charge in [0.1, 0.15) is 0 Å². The molecule has 26 heavy (non-hydrogen) atoms. The molecule has 0 unspecified atom stereocenters. The third kappa shape index (κ3) is 4.09. The predicted molar refractivity (Wildman–Crippen MR) is 102 cm³/mol. The van der Waals surface area contributed by atoms with E-state index in [-0.39, 0.29) is 5.91 Å². The lowest BCUT2D eigenvalue weighted by atomic mass is 10.1. The van der Waals surface area contributed by atoms with Gasteiger partial charge in [-0.05, 0) is 37.8 Å². The number of likely N-dealkylation sites (tertiary alicyclic amines) is 1. The highest BCUT2D eigenvalue weighted by Gasteiger charge is 2.30. The van der Waals surface area contributed by atoms with E-state index in [4.69, 9.17) is 0 Å². The summed E-state index contributed by atoms with van der Waals surface area (Å²) in [7, 11) is 0. The molecule has 2 aliphatic rings. The monoisotopic (exact) mass is 371 g/mol. The average molecular weight is 372 g/mol. The molecule has 0 N–H and O–H groups in total. The summed E-state index contributed by atoms with van der Waals surface area (Å²) in [5.74, 6) is 1.56. The number of rotatable bonds is 5. The molecule has 3 heterocycles. The number of hydrogen-bond donors (Lipinski definition) is 0. The lowest BCUT2D eigenvalue weighted by Crippen LogP contribution is -2.35. The van der Waals surface area contributed by atoms with Crippen LogP contribution in [0.2, 0.25) is 0 Å². The van der Waals surface area contributed by atoms with Crippen LogP contribution < -0.4 is 0 Å². The molecule has 2 aromatic heterocycles. The van der Waals surface area contributed by atoms with E-state index in [1.807, 2.05) is 17.0 Å². The lowest BCUT2D eigenvalue weighted by Gasteiger charge is -2.24. The van der Waals surface area contributed by atoms with Crippen molar-refractivity contribution in [1.29, 1.82) is 0 Å². The van der Waals surface area contributed by atoms with Crippen molar-refractivity contribution >= 4 is 17.7 Å². The number of hydrogen-bond acceptors (Lipinski definition) is 5. The molecule has 1 aliphatic carbocycles. The van der Waals surface area contributed by atoms with Crippen LogP contribution in [0.1, 0.15) is 51.0 Å². The zero-order valence-electron chi connectivity index (χ0n) is 15.0. The minimum absolute atomic E-state index is 0.229. The minimum Gasteiger partial charge on any atom is -0.342 e. The van der Waals surface area contributed by atoms with Gasteiger partial charge in [-0.25, -0.2) is 0 Å². The predicted octanol–water partition coefficient (Wildman–Crippen LogP) is 3.56. The Morgan fingerprint density at radius 1 is 1.04 bits per heavy atom. The van der Waals surface area contributed by atoms with Gasteiger partial charge in [-0.1, -0.05) is 31.0 Å². The van der Waals surface area contributed by atoms with Crippen LogP contribution in [0.15, 0.2) is 29.7 Å². The van der Waals surface area contributed by atoms with Crippen LogP contribution in [-0.2, 0) is 4.79 Å². The van der Waals surface area contributed by atoms with E-state index in [1.165, 1.54) is 31.0 Å². The van der Waals surface area contributed by atoms with Crippen molar-refractivity contribution < 1.29 is 4.79 Å². The standard InChI is InChI=1S/C19H25N5OS/c25-17(23-12-4-2-1-3-5-13-23)14-26-19-22-21-18(24(19)16-6-7-16)15-8-10-20-11-9-15/h8-11,16H,1-7,12-14H2. The summed E-state index contributed by atoms with van der Waals surface area (Å²) in [5, 5.41) is 9.65. The summed E-state index contributed by atoms with van der Waals surface area (Å²) in [6, 6.07) is 4.39. The maximum atomic E-state index is 12.6. The molecule has 0 spiro atoms. The van der Waals surface area contributed by atoms with Crippen molar-refractivity contribution in [2.75, 3.05) is 18.8 Å². The number of pyridine rings is 1. The molecule has 1 aliphatic heterocycles. The normalized spacial score (nSPS) is 18.4. The zero-order valence-corrected chi connectivity index (χ0v) is 15.8. The van der Waals surface area contributed by atoms with Crippen LogP contribution in [0.25, 0.3) is 11.4 Å². The molecule has 1 saturated carbocycles. The van der Waals surface area contributed by atoms with Crippen molar-refractivity contribution in [2.24, 2.45) is 0 Å². The molecule has 2 aromatic rings. The van der Waals surface area contributed by atoms with E-state index in [2.05, 4.69) is 19.7 Å². The number of nitrogens with zero attached hydrogens (tertiary/aromatic N) is 5. The van der Waals surface area contributed by atoms with Crippen LogP contribution in [0.3, 0.4) is 0 Å². The van der Waals surface area contributed by atoms with Crippen molar-refractivity contribution in [3.8, 4) is 11.4 Å². The fraction of sp³-hybridized carbons (Fsp3) is 0.579. The Morgan fingerprint density at radius 2 is 1.73 bits per heavy atom. The molecule has 1 amide bonds. The van der Waals surface area contributed by atoms with Crippen LogP contribution in [0.5, 0.6) is 0 Å². The van der Waals surface area contributed by atoms with Gasteiger partial charge >= 0.3 is 0 Å². The molecule has 138 valence electrons. The van der Waals surface area contributed by atoms with Gasteiger partial charge in [0, 0.05) is 37.1 Å². The maximum Gasteiger partial charge on any atom is 0.233 e. The van der Waals surface area contributed by atoms with Gasteiger partial charge in [0.2, 0.25) is 5.91 Å². The van der Waals surface area contributed by atoms with Crippen molar-refractivity contribution in [3.05, 3.63) is 24.5 Å². The van der Waals surface area contributed by atoms with Gasteiger partial charge in [-0.2, -0.15) is 0 Å². The first-order valence-corrected chi connectivity index (χ1v) is 10.6. The van der Waals surface area contributed by atoms with E-state index in [9.17, 15) is 4.79 Å². The molecular weight excluding hydrogens is 346 g/mol. The van der Waals surface area contributed by atoms with Gasteiger partial charge in [0.25, 0.3) is 0 Å². The Labute approximate surface area is 158 Å². The molecule has 7 heteroatoms. The molecule has 6 nitrogen and oxygen atoms in total. The van der Waals surface area contributed by atoms with E-state index in [0.717, 1.165) is 55.3 Å². The molecular formula is C19H25N5OS. The van der Waals surface area contributed by atoms with E-state index < -0.39 is 0 Å². The molecule has 2 fully saturated rings. The van der Waals surface area contributed by atoms with Gasteiger partial charge in [0.05, 0.1) is 5.75 Å². The average Bonchev–Trinajstić information content (AvgIpc) is 3.39. The first-order valence-electron chi connectivity index (χ1n) is 9.59. The molecule has 1 saturated heterocycles. The van der Waals surface area contributed by atoms with E-state index >= 15 is 0 Å². The largest absolute Gasteiger partial charge is 0.342 e. The Kier molecular flexibility index (Phi) is 5.53. The van der Waals surface area contributed by atoms with Crippen LogP contribution in [0, 0.1) is 0 Å². The Bertz CT molecular complexity index is 736. The summed E-state index contributed by atoms with van der Waals surface area (Å²) in [6.45, 7) is 1.80. The first kappa shape index (κ1) is 17.5. The summed E-state index contributed by atoms with van der Waals surface area (Å²) in [4.78, 5) is 18.8. The SMILES string of the molecule is O=C(CSc1nnc(-c2ccncc2)n1C1CC1)N1CCCCCCC1. The lowest BCUT2D eigenvalue weighted by molar-refractivity contribution is -0.128. The second-order valence-electron chi connectivity index (χ2n) is 7.08. The van der Waals surface area contributed by atoms with Crippen molar-refractivity contribution in [2.45, 2.75) is 56.1 Å².